The lowest BCUT2D eigenvalue weighted by Gasteiger charge is -2.28. The van der Waals surface area contributed by atoms with Crippen LogP contribution in [0.15, 0.2) is 63.6 Å². The molecule has 0 spiro atoms. The van der Waals surface area contributed by atoms with Crippen LogP contribution >= 0.6 is 0 Å². The second-order valence-electron chi connectivity index (χ2n) is 17.5. The fraction of sp³-hybridized carbons (Fsp3) is 0.619. The maximum atomic E-state index is 6.11. The third kappa shape index (κ3) is 6.82. The molecule has 10 heteroatoms. The molecule has 6 aliphatic rings. The summed E-state index contributed by atoms with van der Waals surface area (Å²) in [6, 6.07) is 21.9. The van der Waals surface area contributed by atoms with E-state index in [1.165, 1.54) is 29.7 Å². The molecule has 5 N–H and O–H groups in total. The molecule has 0 saturated heterocycles. The highest BCUT2D eigenvalue weighted by atomic mass is 16.5. The van der Waals surface area contributed by atoms with E-state index in [0.29, 0.717) is 47.8 Å². The summed E-state index contributed by atoms with van der Waals surface area (Å²) in [6.45, 7) is 1.88. The van der Waals surface area contributed by atoms with Crippen molar-refractivity contribution in [2.24, 2.45) is 5.73 Å². The van der Waals surface area contributed by atoms with E-state index in [1.54, 1.807) is 0 Å². The van der Waals surface area contributed by atoms with Crippen LogP contribution in [-0.4, -0.2) is 57.5 Å². The minimum atomic E-state index is 0.0460. The maximum Gasteiger partial charge on any atom is 0.229 e. The van der Waals surface area contributed by atoms with Crippen LogP contribution < -0.4 is 21.7 Å². The van der Waals surface area contributed by atoms with Gasteiger partial charge in [0.1, 0.15) is 0 Å². The molecule has 0 amide bonds. The second kappa shape index (κ2) is 13.4. The number of hydrogen-bond donors (Lipinski definition) is 4. The van der Waals surface area contributed by atoms with Gasteiger partial charge in [-0.3, -0.25) is 0 Å². The number of nitrogens with two attached hydrogens (primary N) is 1. The molecule has 0 bridgehead atoms. The molecule has 10 nitrogen and oxygen atoms in total. The highest BCUT2D eigenvalue weighted by molar-refractivity contribution is 5.49. The largest absolute Gasteiger partial charge is 0.382 e. The van der Waals surface area contributed by atoms with Gasteiger partial charge in [0.15, 0.2) is 11.6 Å². The van der Waals surface area contributed by atoms with Gasteiger partial charge in [0.25, 0.3) is 0 Å². The number of aromatic nitrogens is 4. The van der Waals surface area contributed by atoms with E-state index >= 15 is 0 Å². The van der Waals surface area contributed by atoms with Crippen LogP contribution in [0.1, 0.15) is 148 Å². The highest BCUT2D eigenvalue weighted by Gasteiger charge is 2.52. The third-order valence-corrected chi connectivity index (χ3v) is 13.6. The molecule has 0 radical (unpaired) electrons. The Hall–Kier alpha value is -3.60. The van der Waals surface area contributed by atoms with E-state index in [1.807, 2.05) is 0 Å². The molecule has 2 aromatic carbocycles. The molecule has 274 valence electrons. The topological polar surface area (TPSA) is 140 Å². The van der Waals surface area contributed by atoms with E-state index in [0.717, 1.165) is 114 Å². The van der Waals surface area contributed by atoms with Crippen LogP contribution in [-0.2, 0) is 10.8 Å². The number of nitrogens with zero attached hydrogens (tertiary/aromatic N) is 4. The first-order valence-electron chi connectivity index (χ1n) is 20.3. The normalized spacial score (nSPS) is 32.6. The third-order valence-electron chi connectivity index (χ3n) is 13.6. The van der Waals surface area contributed by atoms with Gasteiger partial charge in [0.2, 0.25) is 11.8 Å². The molecule has 10 rings (SSSR count). The summed E-state index contributed by atoms with van der Waals surface area (Å²) in [4.78, 5) is 9.93. The first kappa shape index (κ1) is 33.0. The molecule has 0 aliphatic heterocycles. The summed E-state index contributed by atoms with van der Waals surface area (Å²) >= 11 is 0. The van der Waals surface area contributed by atoms with Crippen molar-refractivity contribution in [1.82, 2.24) is 30.9 Å². The Bertz CT molecular complexity index is 1830. The van der Waals surface area contributed by atoms with Crippen molar-refractivity contribution < 1.29 is 9.05 Å². The van der Waals surface area contributed by atoms with Crippen molar-refractivity contribution in [3.05, 3.63) is 89.2 Å². The summed E-state index contributed by atoms with van der Waals surface area (Å²) in [5.41, 5.74) is 10.3. The lowest BCUT2D eigenvalue weighted by molar-refractivity contribution is 0.298. The quantitative estimate of drug-likeness (QED) is 0.109. The van der Waals surface area contributed by atoms with Gasteiger partial charge in [0.05, 0.1) is 0 Å². The van der Waals surface area contributed by atoms with E-state index in [-0.39, 0.29) is 10.8 Å². The SMILES string of the molecule is N[C@H]1CC[C@@H](c2nc(C3(CN[C@@H]4C[C@H]4c4cccc(N[C@H]5CC[C@H](c6nc(C7(CN[C@@H]8C[C@H]8c8ccccc8)CC7)no6)CC5)c4)CC3)no2)CC1. The predicted molar refractivity (Wildman–Crippen MR) is 199 cm³/mol. The number of hydrogen-bond acceptors (Lipinski definition) is 10. The van der Waals surface area contributed by atoms with Crippen molar-refractivity contribution in [2.45, 2.75) is 149 Å². The Morgan fingerprint density at radius 2 is 1.17 bits per heavy atom. The van der Waals surface area contributed by atoms with Crippen molar-refractivity contribution in [3.63, 3.8) is 0 Å². The summed E-state index contributed by atoms with van der Waals surface area (Å²) in [5.74, 6) is 5.45. The Morgan fingerprint density at radius 3 is 1.75 bits per heavy atom. The van der Waals surface area contributed by atoms with Gasteiger partial charge in [0, 0.05) is 77.4 Å². The average molecular weight is 703 g/mol. The Balaban J connectivity index is 0.677. The van der Waals surface area contributed by atoms with Crippen molar-refractivity contribution in [2.75, 3.05) is 18.4 Å². The molecular weight excluding hydrogens is 649 g/mol. The van der Waals surface area contributed by atoms with Crippen LogP contribution in [0.2, 0.25) is 0 Å². The van der Waals surface area contributed by atoms with E-state index < -0.39 is 0 Å². The minimum absolute atomic E-state index is 0.0460. The number of anilines is 1. The van der Waals surface area contributed by atoms with Crippen LogP contribution in [0.4, 0.5) is 5.69 Å². The van der Waals surface area contributed by atoms with Gasteiger partial charge >= 0.3 is 0 Å². The van der Waals surface area contributed by atoms with Gasteiger partial charge in [-0.15, -0.1) is 0 Å². The fourth-order valence-electron chi connectivity index (χ4n) is 9.37. The predicted octanol–water partition coefficient (Wildman–Crippen LogP) is 6.93. The van der Waals surface area contributed by atoms with Crippen molar-refractivity contribution >= 4 is 5.69 Å². The molecule has 4 atom stereocenters. The molecule has 2 aromatic heterocycles. The van der Waals surface area contributed by atoms with Crippen molar-refractivity contribution in [1.29, 1.82) is 0 Å². The lowest BCUT2D eigenvalue weighted by atomic mass is 9.85. The van der Waals surface area contributed by atoms with Gasteiger partial charge in [-0.1, -0.05) is 52.8 Å². The van der Waals surface area contributed by atoms with Gasteiger partial charge < -0.3 is 30.7 Å². The average Bonchev–Trinajstić information content (AvgIpc) is 4.08. The first-order valence-corrected chi connectivity index (χ1v) is 20.3. The van der Waals surface area contributed by atoms with Crippen LogP contribution in [0.25, 0.3) is 0 Å². The molecule has 6 aliphatic carbocycles. The summed E-state index contributed by atoms with van der Waals surface area (Å²) < 4.78 is 11.7. The Morgan fingerprint density at radius 1 is 0.635 bits per heavy atom. The van der Waals surface area contributed by atoms with Crippen LogP contribution in [0.5, 0.6) is 0 Å². The smallest absolute Gasteiger partial charge is 0.229 e. The van der Waals surface area contributed by atoms with E-state index in [9.17, 15) is 0 Å². The zero-order valence-electron chi connectivity index (χ0n) is 30.3. The van der Waals surface area contributed by atoms with Gasteiger partial charge in [-0.2, -0.15) is 9.97 Å². The van der Waals surface area contributed by atoms with Crippen LogP contribution in [0.3, 0.4) is 0 Å². The van der Waals surface area contributed by atoms with Gasteiger partial charge in [-0.05, 0) is 113 Å². The minimum Gasteiger partial charge on any atom is -0.382 e. The maximum absolute atomic E-state index is 6.11. The summed E-state index contributed by atoms with van der Waals surface area (Å²) in [7, 11) is 0. The lowest BCUT2D eigenvalue weighted by Crippen LogP contribution is -2.30. The Labute approximate surface area is 306 Å². The van der Waals surface area contributed by atoms with E-state index in [4.69, 9.17) is 24.7 Å². The second-order valence-corrected chi connectivity index (χ2v) is 17.5. The fourth-order valence-corrected chi connectivity index (χ4v) is 9.37. The first-order chi connectivity index (χ1) is 25.5. The molecule has 6 saturated carbocycles. The molecule has 6 fully saturated rings. The zero-order valence-corrected chi connectivity index (χ0v) is 30.3. The zero-order chi connectivity index (χ0) is 34.7. The van der Waals surface area contributed by atoms with Gasteiger partial charge in [-0.25, -0.2) is 0 Å². The van der Waals surface area contributed by atoms with Crippen LogP contribution in [0, 0.1) is 0 Å². The summed E-state index contributed by atoms with van der Waals surface area (Å²) in [6.07, 6.45) is 15.6. The highest BCUT2D eigenvalue weighted by Crippen LogP contribution is 2.50. The summed E-state index contributed by atoms with van der Waals surface area (Å²) in [5, 5.41) is 20.6. The van der Waals surface area contributed by atoms with E-state index in [2.05, 4.69) is 80.9 Å². The standard InChI is InChI=1S/C42H54N8O2/c43-30-13-9-27(10-14-30)37-47-39(49-51-37)42(19-20-42)25-45-36-23-34(36)29-7-4-8-32(21-29)46-31-15-11-28(12-16-31)38-48-40(50-52-38)41(17-18-41)24-44-35-22-33(35)26-5-2-1-3-6-26/h1-8,21,27-28,30-31,33-36,44-46H,9-20,22-25,43H2/t27-,28-,30+,31-,33-,34-,35+,36+/m0/s1. The number of rotatable bonds is 14. The number of nitrogens with one attached hydrogen (secondary N) is 3. The molecule has 4 aromatic rings. The van der Waals surface area contributed by atoms with Crippen molar-refractivity contribution in [3.8, 4) is 0 Å². The molecule has 52 heavy (non-hydrogen) atoms. The monoisotopic (exact) mass is 702 g/mol. The number of benzene rings is 2. The molecule has 0 unspecified atom stereocenters. The Kier molecular flexibility index (Phi) is 8.48. The molecule has 2 heterocycles. The molecular formula is C42H54N8O2.